The summed E-state index contributed by atoms with van der Waals surface area (Å²) in [5.41, 5.74) is 0. The van der Waals surface area contributed by atoms with Crippen LogP contribution >= 0.6 is 0 Å². The van der Waals surface area contributed by atoms with Crippen LogP contribution in [0.4, 0.5) is 0 Å². The predicted octanol–water partition coefficient (Wildman–Crippen LogP) is 2.37. The predicted molar refractivity (Wildman–Crippen MR) is 68.1 cm³/mol. The molecule has 0 aliphatic heterocycles. The minimum atomic E-state index is -0.780. The molecule has 0 fully saturated rings. The van der Waals surface area contributed by atoms with E-state index in [1.165, 1.54) is 12.8 Å². The molecular formula is C13H25NO3. The minimum Gasteiger partial charge on any atom is -0.481 e. The number of carbonyl (C=O) groups is 2. The van der Waals surface area contributed by atoms with Crippen LogP contribution in [0.5, 0.6) is 0 Å². The zero-order chi connectivity index (χ0) is 12.9. The molecular weight excluding hydrogens is 218 g/mol. The molecule has 0 radical (unpaired) electrons. The molecule has 0 aromatic carbocycles. The van der Waals surface area contributed by atoms with Crippen LogP contribution in [0, 0.1) is 0 Å². The molecule has 0 spiro atoms. The molecule has 0 aromatic heterocycles. The summed E-state index contributed by atoms with van der Waals surface area (Å²) in [5.74, 6) is -0.523. The Morgan fingerprint density at radius 1 is 0.941 bits per heavy atom. The number of carbonyl (C=O) groups excluding carboxylic acids is 1. The van der Waals surface area contributed by atoms with Gasteiger partial charge in [0.15, 0.2) is 0 Å². The number of aliphatic carboxylic acids is 1. The topological polar surface area (TPSA) is 66.4 Å². The summed E-state index contributed by atoms with van der Waals surface area (Å²) in [4.78, 5) is 21.6. The van der Waals surface area contributed by atoms with Crippen molar-refractivity contribution in [2.75, 3.05) is 13.1 Å². The van der Waals surface area contributed by atoms with E-state index in [1.807, 2.05) is 0 Å². The van der Waals surface area contributed by atoms with Gasteiger partial charge in [-0.25, -0.2) is 0 Å². The number of Topliss-reactive ketones (excluding diaryl/α,β-unsaturated/α-hetero) is 1. The van der Waals surface area contributed by atoms with Gasteiger partial charge in [0.05, 0.1) is 0 Å². The quantitative estimate of drug-likeness (QED) is 0.516. The third kappa shape index (κ3) is 13.0. The smallest absolute Gasteiger partial charge is 0.303 e. The van der Waals surface area contributed by atoms with E-state index in [2.05, 4.69) is 12.2 Å². The van der Waals surface area contributed by atoms with Crippen molar-refractivity contribution in [2.45, 2.75) is 58.3 Å². The van der Waals surface area contributed by atoms with Gasteiger partial charge in [0.25, 0.3) is 0 Å². The standard InChI is InChI=1S/C13H25NO3/c1-2-3-10-14-11-6-8-12(15)7-4-5-9-13(16)17/h14H,2-11H2,1H3,(H,16,17). The molecule has 0 aliphatic rings. The first-order chi connectivity index (χ1) is 8.16. The molecule has 100 valence electrons. The van der Waals surface area contributed by atoms with Gasteiger partial charge in [0, 0.05) is 19.3 Å². The van der Waals surface area contributed by atoms with Gasteiger partial charge >= 0.3 is 5.97 Å². The number of carboxylic acids is 1. The fourth-order valence-electron chi connectivity index (χ4n) is 1.56. The van der Waals surface area contributed by atoms with Crippen LogP contribution in [0.1, 0.15) is 58.3 Å². The number of hydrogen-bond acceptors (Lipinski definition) is 3. The summed E-state index contributed by atoms with van der Waals surface area (Å²) in [5, 5.41) is 11.7. The fraction of sp³-hybridized carbons (Fsp3) is 0.846. The molecule has 2 N–H and O–H groups in total. The molecule has 4 nitrogen and oxygen atoms in total. The lowest BCUT2D eigenvalue weighted by Gasteiger charge is -2.03. The molecule has 4 heteroatoms. The Balaban J connectivity index is 3.20. The van der Waals surface area contributed by atoms with Crippen molar-refractivity contribution in [2.24, 2.45) is 0 Å². The first kappa shape index (κ1) is 16.1. The molecule has 0 atom stereocenters. The maximum absolute atomic E-state index is 11.4. The zero-order valence-electron chi connectivity index (χ0n) is 10.8. The average molecular weight is 243 g/mol. The second-order valence-corrected chi connectivity index (χ2v) is 4.35. The van der Waals surface area contributed by atoms with Gasteiger partial charge < -0.3 is 10.4 Å². The third-order valence-corrected chi connectivity index (χ3v) is 2.61. The summed E-state index contributed by atoms with van der Waals surface area (Å²) in [6.45, 7) is 4.09. The second-order valence-electron chi connectivity index (χ2n) is 4.35. The second kappa shape index (κ2) is 11.6. The molecule has 0 saturated heterocycles. The van der Waals surface area contributed by atoms with Crippen molar-refractivity contribution in [3.05, 3.63) is 0 Å². The number of ketones is 1. The third-order valence-electron chi connectivity index (χ3n) is 2.61. The van der Waals surface area contributed by atoms with E-state index >= 15 is 0 Å². The van der Waals surface area contributed by atoms with Crippen molar-refractivity contribution in [1.29, 1.82) is 0 Å². The minimum absolute atomic E-state index is 0.172. The van der Waals surface area contributed by atoms with E-state index in [0.717, 1.165) is 19.5 Å². The highest BCUT2D eigenvalue weighted by atomic mass is 16.4. The van der Waals surface area contributed by atoms with E-state index in [4.69, 9.17) is 5.11 Å². The molecule has 0 aliphatic carbocycles. The number of unbranched alkanes of at least 4 members (excludes halogenated alkanes) is 2. The van der Waals surface area contributed by atoms with E-state index in [-0.39, 0.29) is 12.2 Å². The Bertz CT molecular complexity index is 217. The van der Waals surface area contributed by atoms with Crippen LogP contribution in [0.3, 0.4) is 0 Å². The van der Waals surface area contributed by atoms with Crippen LogP contribution in [-0.4, -0.2) is 29.9 Å². The van der Waals surface area contributed by atoms with E-state index in [9.17, 15) is 9.59 Å². The number of hydrogen-bond donors (Lipinski definition) is 2. The molecule has 0 amide bonds. The summed E-state index contributed by atoms with van der Waals surface area (Å²) in [6.07, 6.45) is 5.89. The molecule has 0 aromatic rings. The van der Waals surface area contributed by atoms with Crippen molar-refractivity contribution in [3.8, 4) is 0 Å². The monoisotopic (exact) mass is 243 g/mol. The maximum Gasteiger partial charge on any atom is 0.303 e. The lowest BCUT2D eigenvalue weighted by atomic mass is 10.1. The number of nitrogens with one attached hydrogen (secondary N) is 1. The molecule has 0 saturated carbocycles. The molecule has 0 bridgehead atoms. The summed E-state index contributed by atoms with van der Waals surface area (Å²) in [6, 6.07) is 0. The first-order valence-corrected chi connectivity index (χ1v) is 6.61. The highest BCUT2D eigenvalue weighted by Gasteiger charge is 2.03. The summed E-state index contributed by atoms with van der Waals surface area (Å²) < 4.78 is 0. The Labute approximate surface area is 104 Å². The largest absolute Gasteiger partial charge is 0.481 e. The van der Waals surface area contributed by atoms with Gasteiger partial charge in [0.1, 0.15) is 5.78 Å². The van der Waals surface area contributed by atoms with E-state index < -0.39 is 5.97 Å². The molecule has 0 rings (SSSR count). The van der Waals surface area contributed by atoms with Gasteiger partial charge in [-0.3, -0.25) is 9.59 Å². The lowest BCUT2D eigenvalue weighted by molar-refractivity contribution is -0.137. The van der Waals surface area contributed by atoms with Gasteiger partial charge in [-0.15, -0.1) is 0 Å². The van der Waals surface area contributed by atoms with Crippen LogP contribution < -0.4 is 5.32 Å². The number of rotatable bonds is 12. The Kier molecular flexibility index (Phi) is 11.0. The Hall–Kier alpha value is -0.900. The zero-order valence-corrected chi connectivity index (χ0v) is 10.8. The normalized spacial score (nSPS) is 10.4. The number of carboxylic acid groups (broad SMARTS) is 1. The van der Waals surface area contributed by atoms with Gasteiger partial charge in [-0.2, -0.15) is 0 Å². The molecule has 17 heavy (non-hydrogen) atoms. The van der Waals surface area contributed by atoms with E-state index in [1.54, 1.807) is 0 Å². The SMILES string of the molecule is CCCCNCCCC(=O)CCCCC(=O)O. The van der Waals surface area contributed by atoms with Crippen LogP contribution in [0.15, 0.2) is 0 Å². The van der Waals surface area contributed by atoms with Crippen molar-refractivity contribution in [1.82, 2.24) is 5.32 Å². The Morgan fingerprint density at radius 2 is 1.53 bits per heavy atom. The summed E-state index contributed by atoms with van der Waals surface area (Å²) in [7, 11) is 0. The van der Waals surface area contributed by atoms with Crippen molar-refractivity contribution in [3.63, 3.8) is 0 Å². The maximum atomic E-state index is 11.4. The Morgan fingerprint density at radius 3 is 2.18 bits per heavy atom. The van der Waals surface area contributed by atoms with Gasteiger partial charge in [-0.05, 0) is 38.8 Å². The van der Waals surface area contributed by atoms with Gasteiger partial charge in [0.2, 0.25) is 0 Å². The van der Waals surface area contributed by atoms with Crippen LogP contribution in [0.25, 0.3) is 0 Å². The van der Waals surface area contributed by atoms with E-state index in [0.29, 0.717) is 25.7 Å². The summed E-state index contributed by atoms with van der Waals surface area (Å²) >= 11 is 0. The highest BCUT2D eigenvalue weighted by molar-refractivity contribution is 5.78. The van der Waals surface area contributed by atoms with Crippen molar-refractivity contribution < 1.29 is 14.7 Å². The highest BCUT2D eigenvalue weighted by Crippen LogP contribution is 2.03. The fourth-order valence-corrected chi connectivity index (χ4v) is 1.56. The van der Waals surface area contributed by atoms with Crippen LogP contribution in [0.2, 0.25) is 0 Å². The lowest BCUT2D eigenvalue weighted by Crippen LogP contribution is -2.17. The molecule has 0 unspecified atom stereocenters. The van der Waals surface area contributed by atoms with Crippen molar-refractivity contribution >= 4 is 11.8 Å². The van der Waals surface area contributed by atoms with Crippen LogP contribution in [-0.2, 0) is 9.59 Å². The first-order valence-electron chi connectivity index (χ1n) is 6.61. The van der Waals surface area contributed by atoms with Gasteiger partial charge in [-0.1, -0.05) is 13.3 Å². The molecule has 0 heterocycles. The average Bonchev–Trinajstić information content (AvgIpc) is 2.29.